The molecule has 1 saturated carbocycles. The molecule has 1 aliphatic carbocycles. The van der Waals surface area contributed by atoms with Crippen molar-refractivity contribution in [1.82, 2.24) is 0 Å². The molecule has 4 heteroatoms. The van der Waals surface area contributed by atoms with Gasteiger partial charge in [0.05, 0.1) is 0 Å². The van der Waals surface area contributed by atoms with Crippen LogP contribution >= 0.6 is 0 Å². The van der Waals surface area contributed by atoms with Crippen LogP contribution in [-0.4, -0.2) is 17.7 Å². The number of benzene rings is 1. The lowest BCUT2D eigenvalue weighted by atomic mass is 9.93. The Morgan fingerprint density at radius 3 is 2.33 bits per heavy atom. The first-order valence-electron chi connectivity index (χ1n) is 7.33. The average Bonchev–Trinajstić information content (AvgIpc) is 2.44. The summed E-state index contributed by atoms with van der Waals surface area (Å²) in [5, 5.41) is 0. The molecule has 0 aromatic heterocycles. The van der Waals surface area contributed by atoms with E-state index in [1.54, 1.807) is 0 Å². The Morgan fingerprint density at radius 1 is 1.05 bits per heavy atom. The molecule has 21 heavy (non-hydrogen) atoms. The SMILES string of the molecule is Cc1cccc(C=C2C(=O)OC3(CCCCC3)OC2=O)c1. The lowest BCUT2D eigenvalue weighted by molar-refractivity contribution is -0.244. The summed E-state index contributed by atoms with van der Waals surface area (Å²) in [5.41, 5.74) is 1.82. The van der Waals surface area contributed by atoms with Gasteiger partial charge in [0.1, 0.15) is 5.57 Å². The van der Waals surface area contributed by atoms with Gasteiger partial charge in [-0.3, -0.25) is 0 Å². The predicted octanol–water partition coefficient (Wildman–Crippen LogP) is 3.14. The van der Waals surface area contributed by atoms with E-state index in [4.69, 9.17) is 9.47 Å². The van der Waals surface area contributed by atoms with Crippen LogP contribution in [0.5, 0.6) is 0 Å². The van der Waals surface area contributed by atoms with Gasteiger partial charge < -0.3 is 9.47 Å². The van der Waals surface area contributed by atoms with Crippen LogP contribution in [0.15, 0.2) is 29.8 Å². The minimum atomic E-state index is -1.02. The third-order valence-electron chi connectivity index (χ3n) is 3.97. The fraction of sp³-hybridized carbons (Fsp3) is 0.412. The van der Waals surface area contributed by atoms with Crippen LogP contribution < -0.4 is 0 Å². The Labute approximate surface area is 123 Å². The van der Waals surface area contributed by atoms with Crippen LogP contribution in [0, 0.1) is 6.92 Å². The van der Waals surface area contributed by atoms with E-state index in [0.717, 1.165) is 30.4 Å². The summed E-state index contributed by atoms with van der Waals surface area (Å²) in [6.45, 7) is 1.95. The van der Waals surface area contributed by atoms with Crippen LogP contribution in [0.1, 0.15) is 43.2 Å². The van der Waals surface area contributed by atoms with E-state index in [-0.39, 0.29) is 5.57 Å². The standard InChI is InChI=1S/C17H18O4/c1-12-6-5-7-13(10-12)11-14-15(18)20-17(21-16(14)19)8-3-2-4-9-17/h5-7,10-11H,2-4,8-9H2,1H3. The summed E-state index contributed by atoms with van der Waals surface area (Å²) >= 11 is 0. The van der Waals surface area contributed by atoms with Gasteiger partial charge >= 0.3 is 11.9 Å². The Kier molecular flexibility index (Phi) is 3.53. The van der Waals surface area contributed by atoms with Crippen LogP contribution in [0.3, 0.4) is 0 Å². The van der Waals surface area contributed by atoms with Crippen molar-refractivity contribution in [2.24, 2.45) is 0 Å². The van der Waals surface area contributed by atoms with Crippen molar-refractivity contribution in [3.8, 4) is 0 Å². The lowest BCUT2D eigenvalue weighted by Gasteiger charge is -2.38. The largest absolute Gasteiger partial charge is 0.419 e. The number of rotatable bonds is 1. The average molecular weight is 286 g/mol. The number of aryl methyl sites for hydroxylation is 1. The van der Waals surface area contributed by atoms with Crippen LogP contribution in [0.2, 0.25) is 0 Å². The minimum Gasteiger partial charge on any atom is -0.419 e. The van der Waals surface area contributed by atoms with Crippen LogP contribution in [-0.2, 0) is 19.1 Å². The molecule has 1 aromatic rings. The molecule has 0 atom stereocenters. The first kappa shape index (κ1) is 13.9. The predicted molar refractivity (Wildman–Crippen MR) is 77.2 cm³/mol. The van der Waals surface area contributed by atoms with Gasteiger partial charge in [0.15, 0.2) is 0 Å². The quantitative estimate of drug-likeness (QED) is 0.452. The molecule has 1 heterocycles. The second-order valence-electron chi connectivity index (χ2n) is 5.72. The Morgan fingerprint density at radius 2 is 1.71 bits per heavy atom. The fourth-order valence-corrected chi connectivity index (χ4v) is 2.89. The molecular weight excluding hydrogens is 268 g/mol. The topological polar surface area (TPSA) is 52.6 Å². The smallest absolute Gasteiger partial charge is 0.348 e. The molecule has 3 rings (SSSR count). The first-order chi connectivity index (χ1) is 10.1. The summed E-state index contributed by atoms with van der Waals surface area (Å²) in [5.74, 6) is -2.17. The molecule has 1 aromatic carbocycles. The highest BCUT2D eigenvalue weighted by atomic mass is 16.7. The summed E-state index contributed by atoms with van der Waals surface area (Å²) in [6.07, 6.45) is 5.65. The van der Waals surface area contributed by atoms with E-state index in [2.05, 4.69) is 0 Å². The summed E-state index contributed by atoms with van der Waals surface area (Å²) < 4.78 is 10.9. The highest BCUT2D eigenvalue weighted by Crippen LogP contribution is 2.37. The number of carbonyl (C=O) groups is 2. The van der Waals surface area contributed by atoms with Crippen molar-refractivity contribution >= 4 is 18.0 Å². The van der Waals surface area contributed by atoms with E-state index < -0.39 is 17.7 Å². The molecule has 1 saturated heterocycles. The molecule has 1 aliphatic heterocycles. The Balaban J connectivity index is 1.85. The van der Waals surface area contributed by atoms with Gasteiger partial charge in [-0.2, -0.15) is 0 Å². The third kappa shape index (κ3) is 2.84. The van der Waals surface area contributed by atoms with Crippen LogP contribution in [0.4, 0.5) is 0 Å². The lowest BCUT2D eigenvalue weighted by Crippen LogP contribution is -2.47. The van der Waals surface area contributed by atoms with Gasteiger partial charge in [-0.05, 0) is 31.4 Å². The maximum atomic E-state index is 12.2. The van der Waals surface area contributed by atoms with Crippen molar-refractivity contribution in [3.05, 3.63) is 41.0 Å². The summed E-state index contributed by atoms with van der Waals surface area (Å²) in [4.78, 5) is 24.4. The van der Waals surface area contributed by atoms with E-state index in [9.17, 15) is 9.59 Å². The molecule has 4 nitrogen and oxygen atoms in total. The second-order valence-corrected chi connectivity index (χ2v) is 5.72. The van der Waals surface area contributed by atoms with Crippen molar-refractivity contribution < 1.29 is 19.1 Å². The molecule has 1 spiro atoms. The maximum Gasteiger partial charge on any atom is 0.348 e. The molecule has 0 N–H and O–H groups in total. The minimum absolute atomic E-state index is 0.0307. The van der Waals surface area contributed by atoms with Crippen molar-refractivity contribution in [2.75, 3.05) is 0 Å². The molecule has 110 valence electrons. The number of esters is 2. The van der Waals surface area contributed by atoms with E-state index in [0.29, 0.717) is 12.8 Å². The first-order valence-corrected chi connectivity index (χ1v) is 7.33. The fourth-order valence-electron chi connectivity index (χ4n) is 2.89. The van der Waals surface area contributed by atoms with Gasteiger partial charge in [-0.1, -0.05) is 36.2 Å². The van der Waals surface area contributed by atoms with Gasteiger partial charge in [-0.15, -0.1) is 0 Å². The maximum absolute atomic E-state index is 12.2. The molecule has 2 aliphatic rings. The van der Waals surface area contributed by atoms with Gasteiger partial charge in [0, 0.05) is 12.8 Å². The summed E-state index contributed by atoms with van der Waals surface area (Å²) in [6, 6.07) is 7.57. The highest BCUT2D eigenvalue weighted by Gasteiger charge is 2.46. The molecule has 0 radical (unpaired) electrons. The monoisotopic (exact) mass is 286 g/mol. The van der Waals surface area contributed by atoms with Crippen LogP contribution in [0.25, 0.3) is 6.08 Å². The molecule has 0 unspecified atom stereocenters. The normalized spacial score (nSPS) is 20.9. The molecule has 0 bridgehead atoms. The van der Waals surface area contributed by atoms with E-state index in [1.807, 2.05) is 31.2 Å². The molecular formula is C17H18O4. The number of hydrogen-bond donors (Lipinski definition) is 0. The second kappa shape index (κ2) is 5.35. The molecule has 2 fully saturated rings. The molecule has 0 amide bonds. The highest BCUT2D eigenvalue weighted by molar-refractivity contribution is 6.18. The zero-order chi connectivity index (χ0) is 14.9. The van der Waals surface area contributed by atoms with E-state index >= 15 is 0 Å². The third-order valence-corrected chi connectivity index (χ3v) is 3.97. The zero-order valence-corrected chi connectivity index (χ0v) is 12.1. The van der Waals surface area contributed by atoms with Gasteiger partial charge in [0.2, 0.25) is 0 Å². The van der Waals surface area contributed by atoms with E-state index in [1.165, 1.54) is 6.08 Å². The van der Waals surface area contributed by atoms with Gasteiger partial charge in [0.25, 0.3) is 5.79 Å². The zero-order valence-electron chi connectivity index (χ0n) is 12.1. The Hall–Kier alpha value is -2.10. The Bertz CT molecular complexity index is 587. The summed E-state index contributed by atoms with van der Waals surface area (Å²) in [7, 11) is 0. The van der Waals surface area contributed by atoms with Crippen molar-refractivity contribution in [2.45, 2.75) is 44.8 Å². The number of ether oxygens (including phenoxy) is 2. The van der Waals surface area contributed by atoms with Gasteiger partial charge in [-0.25, -0.2) is 9.59 Å². The van der Waals surface area contributed by atoms with Crippen molar-refractivity contribution in [3.63, 3.8) is 0 Å². The van der Waals surface area contributed by atoms with Crippen molar-refractivity contribution in [1.29, 1.82) is 0 Å². The number of carbonyl (C=O) groups excluding carboxylic acids is 2. The number of hydrogen-bond acceptors (Lipinski definition) is 4.